The molecule has 0 fully saturated rings. The third-order valence-electron chi connectivity index (χ3n) is 3.37. The molecule has 0 saturated carbocycles. The standard InChI is InChI=1S/C17H24N4O3S2.HI/c1-3-18-17(20-13-14-6-4-7-15(12-14)24-2)19-9-10-21-26(22,23)16-8-5-11-25-16;/h4-8,11-12,21H,3,9-10,13H2,1-2H3,(H2,18,19,20);1H. The lowest BCUT2D eigenvalue weighted by Gasteiger charge is -2.12. The summed E-state index contributed by atoms with van der Waals surface area (Å²) in [5.74, 6) is 1.42. The van der Waals surface area contributed by atoms with Gasteiger partial charge in [0.05, 0.1) is 13.7 Å². The van der Waals surface area contributed by atoms with Crippen molar-refractivity contribution in [1.29, 1.82) is 0 Å². The summed E-state index contributed by atoms with van der Waals surface area (Å²) in [6, 6.07) is 11.0. The molecule has 1 aromatic carbocycles. The summed E-state index contributed by atoms with van der Waals surface area (Å²) >= 11 is 1.19. The maximum absolute atomic E-state index is 12.0. The summed E-state index contributed by atoms with van der Waals surface area (Å²) in [7, 11) is -1.81. The van der Waals surface area contributed by atoms with E-state index in [1.165, 1.54) is 11.3 Å². The number of hydrogen-bond acceptors (Lipinski definition) is 5. The van der Waals surface area contributed by atoms with Crippen LogP contribution < -0.4 is 20.1 Å². The van der Waals surface area contributed by atoms with Gasteiger partial charge in [0.2, 0.25) is 10.0 Å². The molecule has 0 aliphatic rings. The highest BCUT2D eigenvalue weighted by atomic mass is 127. The lowest BCUT2D eigenvalue weighted by atomic mass is 10.2. The number of hydrogen-bond donors (Lipinski definition) is 3. The second-order valence-corrected chi connectivity index (χ2v) is 8.24. The number of sulfonamides is 1. The molecular weight excluding hydrogens is 499 g/mol. The highest BCUT2D eigenvalue weighted by Gasteiger charge is 2.13. The molecule has 2 rings (SSSR count). The van der Waals surface area contributed by atoms with E-state index in [0.717, 1.165) is 11.3 Å². The molecule has 0 atom stereocenters. The van der Waals surface area contributed by atoms with Gasteiger partial charge in [0.1, 0.15) is 9.96 Å². The van der Waals surface area contributed by atoms with Crippen molar-refractivity contribution < 1.29 is 13.2 Å². The van der Waals surface area contributed by atoms with Crippen LogP contribution in [-0.4, -0.2) is 41.1 Å². The van der Waals surface area contributed by atoms with Crippen LogP contribution in [0.5, 0.6) is 5.75 Å². The highest BCUT2D eigenvalue weighted by Crippen LogP contribution is 2.15. The number of halogens is 1. The van der Waals surface area contributed by atoms with Crippen LogP contribution in [-0.2, 0) is 16.6 Å². The molecule has 0 bridgehead atoms. The normalized spacial score (nSPS) is 11.6. The van der Waals surface area contributed by atoms with Gasteiger partial charge in [-0.05, 0) is 36.1 Å². The summed E-state index contributed by atoms with van der Waals surface area (Å²) in [4.78, 5) is 4.51. The first kappa shape index (κ1) is 23.7. The van der Waals surface area contributed by atoms with E-state index in [4.69, 9.17) is 4.74 Å². The number of methoxy groups -OCH3 is 1. The van der Waals surface area contributed by atoms with Gasteiger partial charge in [-0.25, -0.2) is 18.1 Å². The number of aliphatic imine (C=N–C) groups is 1. The molecule has 7 nitrogen and oxygen atoms in total. The van der Waals surface area contributed by atoms with E-state index in [1.54, 1.807) is 24.6 Å². The predicted molar refractivity (Wildman–Crippen MR) is 121 cm³/mol. The Morgan fingerprint density at radius 1 is 1.19 bits per heavy atom. The van der Waals surface area contributed by atoms with Crippen molar-refractivity contribution in [3.63, 3.8) is 0 Å². The average molecular weight is 524 g/mol. The highest BCUT2D eigenvalue weighted by molar-refractivity contribution is 14.0. The summed E-state index contributed by atoms with van der Waals surface area (Å²) < 4.78 is 32.2. The molecule has 0 radical (unpaired) electrons. The molecule has 0 aliphatic carbocycles. The Bertz CT molecular complexity index is 811. The Morgan fingerprint density at radius 3 is 2.67 bits per heavy atom. The molecule has 1 heterocycles. The van der Waals surface area contributed by atoms with Crippen LogP contribution in [0, 0.1) is 0 Å². The van der Waals surface area contributed by atoms with Gasteiger partial charge in [0.15, 0.2) is 5.96 Å². The monoisotopic (exact) mass is 524 g/mol. The quantitative estimate of drug-likeness (QED) is 0.203. The number of nitrogens with zero attached hydrogens (tertiary/aromatic N) is 1. The fourth-order valence-corrected chi connectivity index (χ4v) is 4.21. The first-order valence-corrected chi connectivity index (χ1v) is 10.6. The Balaban J connectivity index is 0.00000364. The lowest BCUT2D eigenvalue weighted by Crippen LogP contribution is -2.41. The van der Waals surface area contributed by atoms with Gasteiger partial charge in [-0.2, -0.15) is 0 Å². The molecule has 27 heavy (non-hydrogen) atoms. The zero-order valence-corrected chi connectivity index (χ0v) is 19.2. The van der Waals surface area contributed by atoms with E-state index in [2.05, 4.69) is 20.3 Å². The largest absolute Gasteiger partial charge is 0.497 e. The number of guanidine groups is 1. The zero-order chi connectivity index (χ0) is 18.8. The minimum atomic E-state index is -3.44. The number of thiophene rings is 1. The minimum Gasteiger partial charge on any atom is -0.497 e. The van der Waals surface area contributed by atoms with Gasteiger partial charge in [-0.3, -0.25) is 0 Å². The molecule has 1 aromatic heterocycles. The Kier molecular flexibility index (Phi) is 10.7. The molecule has 0 unspecified atom stereocenters. The number of nitrogens with one attached hydrogen (secondary N) is 3. The van der Waals surface area contributed by atoms with Crippen molar-refractivity contribution in [3.8, 4) is 5.75 Å². The maximum Gasteiger partial charge on any atom is 0.250 e. The van der Waals surface area contributed by atoms with E-state index < -0.39 is 10.0 Å². The van der Waals surface area contributed by atoms with Crippen molar-refractivity contribution in [2.45, 2.75) is 17.7 Å². The molecule has 3 N–H and O–H groups in total. The molecule has 2 aromatic rings. The maximum atomic E-state index is 12.0. The number of rotatable bonds is 9. The van der Waals surface area contributed by atoms with Gasteiger partial charge < -0.3 is 15.4 Å². The lowest BCUT2D eigenvalue weighted by molar-refractivity contribution is 0.414. The summed E-state index contributed by atoms with van der Waals surface area (Å²) in [5, 5.41) is 8.00. The Morgan fingerprint density at radius 2 is 2.00 bits per heavy atom. The van der Waals surface area contributed by atoms with Crippen LogP contribution in [0.1, 0.15) is 12.5 Å². The fourth-order valence-electron chi connectivity index (χ4n) is 2.14. The molecule has 0 spiro atoms. The first-order valence-electron chi connectivity index (χ1n) is 8.23. The van der Waals surface area contributed by atoms with E-state index in [1.807, 2.05) is 31.2 Å². The van der Waals surface area contributed by atoms with E-state index in [9.17, 15) is 8.42 Å². The van der Waals surface area contributed by atoms with Crippen molar-refractivity contribution in [1.82, 2.24) is 15.4 Å². The number of benzene rings is 1. The van der Waals surface area contributed by atoms with E-state index in [0.29, 0.717) is 29.8 Å². The zero-order valence-electron chi connectivity index (χ0n) is 15.3. The fraction of sp³-hybridized carbons (Fsp3) is 0.353. The molecule has 0 aliphatic heterocycles. The second-order valence-electron chi connectivity index (χ2n) is 5.30. The van der Waals surface area contributed by atoms with Crippen LogP contribution >= 0.6 is 35.3 Å². The first-order chi connectivity index (χ1) is 12.5. The van der Waals surface area contributed by atoms with Crippen LogP contribution in [0.15, 0.2) is 51.0 Å². The van der Waals surface area contributed by atoms with Crippen molar-refractivity contribution in [3.05, 3.63) is 47.3 Å². The predicted octanol–water partition coefficient (Wildman–Crippen LogP) is 2.41. The molecular formula is C17H25IN4O3S2. The molecule has 10 heteroatoms. The second kappa shape index (κ2) is 12.2. The molecule has 150 valence electrons. The minimum absolute atomic E-state index is 0. The van der Waals surface area contributed by atoms with Gasteiger partial charge in [-0.1, -0.05) is 18.2 Å². The summed E-state index contributed by atoms with van der Waals surface area (Å²) in [6.45, 7) is 3.87. The Hall–Kier alpha value is -1.37. The van der Waals surface area contributed by atoms with Crippen LogP contribution in [0.3, 0.4) is 0 Å². The van der Waals surface area contributed by atoms with Crippen LogP contribution in [0.2, 0.25) is 0 Å². The van der Waals surface area contributed by atoms with Gasteiger partial charge in [-0.15, -0.1) is 35.3 Å². The number of ether oxygens (including phenoxy) is 1. The SMILES string of the molecule is CCNC(=NCc1cccc(OC)c1)NCCNS(=O)(=O)c1cccs1.I. The molecule has 0 amide bonds. The topological polar surface area (TPSA) is 91.8 Å². The van der Waals surface area contributed by atoms with Gasteiger partial charge in [0.25, 0.3) is 0 Å². The van der Waals surface area contributed by atoms with Crippen LogP contribution in [0.25, 0.3) is 0 Å². The van der Waals surface area contributed by atoms with E-state index >= 15 is 0 Å². The molecule has 0 saturated heterocycles. The van der Waals surface area contributed by atoms with Crippen molar-refractivity contribution in [2.75, 3.05) is 26.7 Å². The van der Waals surface area contributed by atoms with Gasteiger partial charge in [0, 0.05) is 19.6 Å². The smallest absolute Gasteiger partial charge is 0.250 e. The van der Waals surface area contributed by atoms with Gasteiger partial charge >= 0.3 is 0 Å². The van der Waals surface area contributed by atoms with Crippen LogP contribution in [0.4, 0.5) is 0 Å². The average Bonchev–Trinajstić information content (AvgIpc) is 3.19. The summed E-state index contributed by atoms with van der Waals surface area (Å²) in [6.07, 6.45) is 0. The van der Waals surface area contributed by atoms with E-state index in [-0.39, 0.29) is 30.5 Å². The Labute approximate surface area is 181 Å². The van der Waals surface area contributed by atoms with Crippen molar-refractivity contribution >= 4 is 51.3 Å². The summed E-state index contributed by atoms with van der Waals surface area (Å²) in [5.41, 5.74) is 1.03. The third-order valence-corrected chi connectivity index (χ3v) is 6.23. The van der Waals surface area contributed by atoms with Crippen molar-refractivity contribution in [2.24, 2.45) is 4.99 Å². The third kappa shape index (κ3) is 8.03.